The molecule has 3 heterocycles. The van der Waals surface area contributed by atoms with Crippen molar-refractivity contribution >= 4 is 12.8 Å². The first-order chi connectivity index (χ1) is 11.7. The van der Waals surface area contributed by atoms with Crippen LogP contribution in [0.4, 0.5) is 0 Å². The molecule has 0 atom stereocenters. The SMILES string of the molecule is NC1CCOCC1.NC1CCOCC1.O=CN1C=CN(C=O)C=C1.[Zn]. The maximum Gasteiger partial charge on any atom is 0.217 e. The number of carbonyl (C=O) groups is 2. The molecule has 3 rings (SSSR count). The van der Waals surface area contributed by atoms with Gasteiger partial charge in [0.25, 0.3) is 0 Å². The van der Waals surface area contributed by atoms with Gasteiger partial charge < -0.3 is 20.9 Å². The Bertz CT molecular complexity index is 361. The Hall–Kier alpha value is -1.12. The summed E-state index contributed by atoms with van der Waals surface area (Å²) in [5, 5.41) is 0. The summed E-state index contributed by atoms with van der Waals surface area (Å²) in [5.41, 5.74) is 11.1. The van der Waals surface area contributed by atoms with E-state index < -0.39 is 0 Å². The molecule has 25 heavy (non-hydrogen) atoms. The van der Waals surface area contributed by atoms with E-state index in [0.29, 0.717) is 24.9 Å². The van der Waals surface area contributed by atoms with Crippen LogP contribution in [0.2, 0.25) is 0 Å². The zero-order valence-corrected chi connectivity index (χ0v) is 17.6. The topological polar surface area (TPSA) is 111 Å². The van der Waals surface area contributed by atoms with Gasteiger partial charge in [0.15, 0.2) is 0 Å². The second kappa shape index (κ2) is 15.2. The number of amides is 2. The molecule has 0 radical (unpaired) electrons. The van der Waals surface area contributed by atoms with Crippen LogP contribution in [0.1, 0.15) is 25.7 Å². The van der Waals surface area contributed by atoms with Crippen molar-refractivity contribution in [2.45, 2.75) is 37.8 Å². The molecule has 2 fully saturated rings. The molecule has 0 aromatic rings. The average molecular weight is 406 g/mol. The van der Waals surface area contributed by atoms with Crippen LogP contribution in [0.15, 0.2) is 24.8 Å². The fourth-order valence-electron chi connectivity index (χ4n) is 1.98. The predicted molar refractivity (Wildman–Crippen MR) is 90.1 cm³/mol. The third-order valence-corrected chi connectivity index (χ3v) is 3.60. The summed E-state index contributed by atoms with van der Waals surface area (Å²) in [5.74, 6) is 0. The minimum atomic E-state index is 0. The summed E-state index contributed by atoms with van der Waals surface area (Å²) in [7, 11) is 0. The maximum absolute atomic E-state index is 10.1. The summed E-state index contributed by atoms with van der Waals surface area (Å²) in [6, 6.07) is 0.822. The van der Waals surface area contributed by atoms with Crippen molar-refractivity contribution in [1.29, 1.82) is 0 Å². The van der Waals surface area contributed by atoms with Gasteiger partial charge in [-0.1, -0.05) is 0 Å². The summed E-state index contributed by atoms with van der Waals surface area (Å²) >= 11 is 0. The fraction of sp³-hybridized carbons (Fsp3) is 0.625. The molecule has 3 aliphatic heterocycles. The van der Waals surface area contributed by atoms with Crippen LogP contribution >= 0.6 is 0 Å². The molecule has 0 aliphatic carbocycles. The van der Waals surface area contributed by atoms with E-state index in [0.717, 1.165) is 52.1 Å². The van der Waals surface area contributed by atoms with Crippen molar-refractivity contribution in [1.82, 2.24) is 9.80 Å². The molecule has 0 saturated carbocycles. The first-order valence-corrected chi connectivity index (χ1v) is 8.14. The standard InChI is InChI=1S/C6H6N2O2.2C5H11NO.Zn/c9-5-7-1-2-8(6-10)4-3-7;2*6-5-1-3-7-4-2-5;/h1-6H;2*5H,1-4,6H2;. The number of hydrogen-bond donors (Lipinski definition) is 2. The maximum atomic E-state index is 10.1. The third-order valence-electron chi connectivity index (χ3n) is 3.60. The van der Waals surface area contributed by atoms with Crippen LogP contribution in [0.25, 0.3) is 0 Å². The first kappa shape index (κ1) is 23.9. The van der Waals surface area contributed by atoms with Gasteiger partial charge in [-0.3, -0.25) is 19.4 Å². The van der Waals surface area contributed by atoms with Gasteiger partial charge in [-0.15, -0.1) is 0 Å². The van der Waals surface area contributed by atoms with Gasteiger partial charge in [0.1, 0.15) is 0 Å². The summed E-state index contributed by atoms with van der Waals surface area (Å²) in [4.78, 5) is 22.8. The number of rotatable bonds is 2. The Morgan fingerprint density at radius 2 is 1.00 bits per heavy atom. The molecule has 0 unspecified atom stereocenters. The zero-order valence-electron chi connectivity index (χ0n) is 14.7. The minimum Gasteiger partial charge on any atom is -0.381 e. The molecule has 2 saturated heterocycles. The number of nitrogens with two attached hydrogens (primary N) is 2. The third kappa shape index (κ3) is 12.0. The van der Waals surface area contributed by atoms with E-state index in [9.17, 15) is 9.59 Å². The van der Waals surface area contributed by atoms with Crippen LogP contribution in [0.3, 0.4) is 0 Å². The Labute approximate surface area is 161 Å². The second-order valence-electron chi connectivity index (χ2n) is 5.60. The van der Waals surface area contributed by atoms with Crippen LogP contribution in [-0.2, 0) is 38.5 Å². The molecule has 4 N–H and O–H groups in total. The molecule has 3 aliphatic rings. The van der Waals surface area contributed by atoms with Crippen LogP contribution in [0.5, 0.6) is 0 Å². The Balaban J connectivity index is 0.000000347. The van der Waals surface area contributed by atoms with E-state index in [1.165, 1.54) is 34.6 Å². The summed E-state index contributed by atoms with van der Waals surface area (Å²) in [6.07, 6.45) is 11.4. The molecule has 0 spiro atoms. The number of nitrogens with zero attached hydrogens (tertiary/aromatic N) is 2. The van der Waals surface area contributed by atoms with Crippen LogP contribution < -0.4 is 11.5 Å². The predicted octanol–water partition coefficient (Wildman–Crippen LogP) is 0.105. The van der Waals surface area contributed by atoms with E-state index >= 15 is 0 Å². The van der Waals surface area contributed by atoms with Gasteiger partial charge >= 0.3 is 0 Å². The Morgan fingerprint density at radius 1 is 0.720 bits per heavy atom. The van der Waals surface area contributed by atoms with E-state index in [1.807, 2.05) is 0 Å². The van der Waals surface area contributed by atoms with Gasteiger partial charge in [0.2, 0.25) is 12.8 Å². The molecule has 0 aromatic heterocycles. The minimum absolute atomic E-state index is 0. The number of ether oxygens (including phenoxy) is 2. The normalized spacial score (nSPS) is 20.4. The quantitative estimate of drug-likeness (QED) is 0.498. The first-order valence-electron chi connectivity index (χ1n) is 8.14. The zero-order chi connectivity index (χ0) is 17.6. The molecule has 138 valence electrons. The largest absolute Gasteiger partial charge is 0.381 e. The van der Waals surface area contributed by atoms with Crippen molar-refractivity contribution < 1.29 is 38.5 Å². The van der Waals surface area contributed by atoms with E-state index in [2.05, 4.69) is 0 Å². The van der Waals surface area contributed by atoms with Crippen LogP contribution in [0, 0.1) is 0 Å². The summed E-state index contributed by atoms with van der Waals surface area (Å²) < 4.78 is 10.1. The number of carbonyl (C=O) groups excluding carboxylic acids is 2. The van der Waals surface area contributed by atoms with Gasteiger partial charge in [0, 0.05) is 82.8 Å². The van der Waals surface area contributed by atoms with Crippen molar-refractivity contribution in [3.05, 3.63) is 24.8 Å². The molecule has 9 heteroatoms. The Morgan fingerprint density at radius 3 is 1.16 bits per heavy atom. The molecule has 0 bridgehead atoms. The van der Waals surface area contributed by atoms with Crippen molar-refractivity contribution in [3.63, 3.8) is 0 Å². The van der Waals surface area contributed by atoms with Crippen molar-refractivity contribution in [2.24, 2.45) is 11.5 Å². The van der Waals surface area contributed by atoms with Gasteiger partial charge in [0.05, 0.1) is 0 Å². The molecule has 8 nitrogen and oxygen atoms in total. The van der Waals surface area contributed by atoms with E-state index in [1.54, 1.807) is 0 Å². The van der Waals surface area contributed by atoms with Crippen LogP contribution in [-0.4, -0.2) is 61.1 Å². The van der Waals surface area contributed by atoms with Crippen molar-refractivity contribution in [2.75, 3.05) is 26.4 Å². The number of hydrogen-bond acceptors (Lipinski definition) is 6. The average Bonchev–Trinajstić information content (AvgIpc) is 2.64. The monoisotopic (exact) mass is 404 g/mol. The summed E-state index contributed by atoms with van der Waals surface area (Å²) in [6.45, 7) is 3.45. The molecule has 2 amide bonds. The molecular formula is C16H28N4O4Zn. The molecule has 0 aromatic carbocycles. The van der Waals surface area contributed by atoms with E-state index in [-0.39, 0.29) is 19.5 Å². The Kier molecular flexibility index (Phi) is 14.5. The fourth-order valence-corrected chi connectivity index (χ4v) is 1.98. The van der Waals surface area contributed by atoms with Gasteiger partial charge in [-0.25, -0.2) is 0 Å². The van der Waals surface area contributed by atoms with Gasteiger partial charge in [-0.05, 0) is 25.7 Å². The van der Waals surface area contributed by atoms with Crippen molar-refractivity contribution in [3.8, 4) is 0 Å². The molecular weight excluding hydrogens is 378 g/mol. The van der Waals surface area contributed by atoms with Gasteiger partial charge in [-0.2, -0.15) is 0 Å². The van der Waals surface area contributed by atoms with E-state index in [4.69, 9.17) is 20.9 Å². The smallest absolute Gasteiger partial charge is 0.217 e. The second-order valence-corrected chi connectivity index (χ2v) is 5.60.